The number of hydrogen-bond acceptors (Lipinski definition) is 9. The maximum atomic E-state index is 13.5. The van der Waals surface area contributed by atoms with Crippen molar-refractivity contribution in [2.75, 3.05) is 34.7 Å². The normalized spacial score (nSPS) is 15.8. The van der Waals surface area contributed by atoms with Crippen LogP contribution in [-0.2, 0) is 38.4 Å². The second-order valence-electron chi connectivity index (χ2n) is 15.2. The van der Waals surface area contributed by atoms with Gasteiger partial charge in [0.1, 0.15) is 42.3 Å². The summed E-state index contributed by atoms with van der Waals surface area (Å²) in [5.41, 5.74) is 0. The van der Waals surface area contributed by atoms with Crippen molar-refractivity contribution in [3.8, 4) is 0 Å². The summed E-state index contributed by atoms with van der Waals surface area (Å²) in [6.45, 7) is 12.9. The predicted molar refractivity (Wildman–Crippen MR) is 203 cm³/mol. The van der Waals surface area contributed by atoms with E-state index in [0.29, 0.717) is 25.7 Å². The van der Waals surface area contributed by atoms with E-state index in [0.717, 1.165) is 17.4 Å². The molecule has 0 aromatic heterocycles. The number of aliphatic hydroxyl groups excluding tert-OH is 1. The van der Waals surface area contributed by atoms with Crippen LogP contribution in [0.2, 0.25) is 0 Å². The van der Waals surface area contributed by atoms with E-state index in [9.17, 15) is 43.5 Å². The maximum absolute atomic E-state index is 13.5. The zero-order valence-corrected chi connectivity index (χ0v) is 34.3. The van der Waals surface area contributed by atoms with Crippen molar-refractivity contribution in [1.82, 2.24) is 42.5 Å². The smallest absolute Gasteiger partial charge is 0.245 e. The van der Waals surface area contributed by atoms with Crippen LogP contribution in [0.4, 0.5) is 0 Å². The van der Waals surface area contributed by atoms with Gasteiger partial charge in [0.2, 0.25) is 47.3 Å². The number of nitrogens with zero attached hydrogens (tertiary/aromatic N) is 1. The number of carbonyl (C=O) groups is 8. The lowest BCUT2D eigenvalue weighted by Crippen LogP contribution is -2.61. The van der Waals surface area contributed by atoms with Crippen LogP contribution >= 0.6 is 0 Å². The summed E-state index contributed by atoms with van der Waals surface area (Å²) in [6.07, 6.45) is 1.99. The van der Waals surface area contributed by atoms with Crippen LogP contribution in [0, 0.1) is 5.92 Å². The van der Waals surface area contributed by atoms with Crippen LogP contribution in [0.15, 0.2) is 0 Å². The van der Waals surface area contributed by atoms with Crippen LogP contribution in [0.25, 0.3) is 0 Å². The van der Waals surface area contributed by atoms with E-state index in [-0.39, 0.29) is 12.3 Å². The first-order chi connectivity index (χ1) is 24.9. The molecule has 0 bridgehead atoms. The standard InChI is InChI=1S/C36H67N9O9/c1-13-14-17-27(42-36(54)29(24(7)46)44-32(50)21(4)38-25(8)47)34(52)43-28(20(2)3)35(53)40-22(5)30(48)39-23(6)31(49)41-26(33(51)37-9)18-15-16-19-45(10,11)12/h20-24,26-29,46H,13-19H2,1-12H3,(H7-,37,38,39,40,41,42,43,44,47,48,49,50,51,52,53,54)/p+1/t21-,22-,23-,24+,26-,27-,28-,29-/m0/s1. The lowest BCUT2D eigenvalue weighted by molar-refractivity contribution is -0.870. The van der Waals surface area contributed by atoms with Crippen molar-refractivity contribution in [2.45, 2.75) is 142 Å². The van der Waals surface area contributed by atoms with Gasteiger partial charge in [0.15, 0.2) is 0 Å². The Bertz CT molecular complexity index is 1290. The number of unbranched alkanes of at least 4 members (excludes halogenated alkanes) is 2. The molecule has 54 heavy (non-hydrogen) atoms. The van der Waals surface area contributed by atoms with Gasteiger partial charge in [-0.2, -0.15) is 0 Å². The topological polar surface area (TPSA) is 253 Å². The van der Waals surface area contributed by atoms with E-state index in [1.54, 1.807) is 13.8 Å². The van der Waals surface area contributed by atoms with Crippen LogP contribution < -0.4 is 42.5 Å². The highest BCUT2D eigenvalue weighted by Gasteiger charge is 2.34. The lowest BCUT2D eigenvalue weighted by atomic mass is 10.0. The Hall–Kier alpha value is -4.32. The molecule has 9 N–H and O–H groups in total. The second-order valence-corrected chi connectivity index (χ2v) is 15.2. The van der Waals surface area contributed by atoms with Crippen LogP contribution in [0.3, 0.4) is 0 Å². The first-order valence-corrected chi connectivity index (χ1v) is 18.7. The first kappa shape index (κ1) is 49.7. The number of aliphatic hydroxyl groups is 1. The summed E-state index contributed by atoms with van der Waals surface area (Å²) in [6, 6.07) is -7.68. The third-order valence-corrected chi connectivity index (χ3v) is 8.56. The SMILES string of the molecule is CCCC[C@H](NC(=O)[C@@H](NC(=O)[C@H](C)NC(C)=O)[C@@H](C)O)C(=O)N[C@H](C(=O)N[C@@H](C)C(=O)N[C@@H](C)C(=O)N[C@@H](CCCC[N+](C)(C)C)C(=O)NC)C(C)C. The van der Waals surface area contributed by atoms with Gasteiger partial charge in [-0.1, -0.05) is 33.6 Å². The van der Waals surface area contributed by atoms with Crippen molar-refractivity contribution in [3.63, 3.8) is 0 Å². The molecule has 0 aliphatic rings. The molecule has 0 heterocycles. The molecule has 0 aromatic rings. The summed E-state index contributed by atoms with van der Waals surface area (Å²) < 4.78 is 0.771. The molecule has 0 radical (unpaired) electrons. The summed E-state index contributed by atoms with van der Waals surface area (Å²) in [5.74, 6) is -5.48. The summed E-state index contributed by atoms with van der Waals surface area (Å²) >= 11 is 0. The Morgan fingerprint density at radius 1 is 0.537 bits per heavy atom. The summed E-state index contributed by atoms with van der Waals surface area (Å²) in [7, 11) is 7.68. The summed E-state index contributed by atoms with van der Waals surface area (Å²) in [4.78, 5) is 102. The molecule has 0 aliphatic heterocycles. The van der Waals surface area contributed by atoms with Gasteiger partial charge in [0.05, 0.1) is 33.8 Å². The minimum Gasteiger partial charge on any atom is -0.391 e. The van der Waals surface area contributed by atoms with Crippen LogP contribution in [0.5, 0.6) is 0 Å². The molecule has 0 aliphatic carbocycles. The quantitative estimate of drug-likeness (QED) is 0.0401. The van der Waals surface area contributed by atoms with Gasteiger partial charge in [0, 0.05) is 14.0 Å². The van der Waals surface area contributed by atoms with E-state index in [4.69, 9.17) is 0 Å². The van der Waals surface area contributed by atoms with Gasteiger partial charge >= 0.3 is 0 Å². The lowest BCUT2D eigenvalue weighted by Gasteiger charge is -2.28. The number of rotatable bonds is 24. The fourth-order valence-corrected chi connectivity index (χ4v) is 5.23. The van der Waals surface area contributed by atoms with Crippen molar-refractivity contribution in [2.24, 2.45) is 5.92 Å². The Kier molecular flexibility index (Phi) is 22.2. The fraction of sp³-hybridized carbons (Fsp3) is 0.778. The molecule has 0 fully saturated rings. The van der Waals surface area contributed by atoms with E-state index in [1.807, 2.05) is 6.92 Å². The van der Waals surface area contributed by atoms with Gasteiger partial charge in [-0.15, -0.1) is 0 Å². The molecular weight excluding hydrogens is 702 g/mol. The highest BCUT2D eigenvalue weighted by molar-refractivity contribution is 5.97. The van der Waals surface area contributed by atoms with E-state index in [1.165, 1.54) is 41.7 Å². The first-order valence-electron chi connectivity index (χ1n) is 18.7. The average Bonchev–Trinajstić information content (AvgIpc) is 3.06. The molecule has 18 nitrogen and oxygen atoms in total. The molecule has 8 atom stereocenters. The van der Waals surface area contributed by atoms with Crippen molar-refractivity contribution >= 4 is 47.3 Å². The Balaban J connectivity index is 5.59. The highest BCUT2D eigenvalue weighted by atomic mass is 16.3. The predicted octanol–water partition coefficient (Wildman–Crippen LogP) is -1.69. The molecule has 310 valence electrons. The average molecular weight is 771 g/mol. The van der Waals surface area contributed by atoms with Gasteiger partial charge in [-0.05, 0) is 59.3 Å². The van der Waals surface area contributed by atoms with E-state index in [2.05, 4.69) is 63.7 Å². The molecule has 0 saturated heterocycles. The molecule has 0 spiro atoms. The van der Waals surface area contributed by atoms with Crippen molar-refractivity contribution in [1.29, 1.82) is 0 Å². The monoisotopic (exact) mass is 771 g/mol. The van der Waals surface area contributed by atoms with Gasteiger partial charge in [-0.25, -0.2) is 0 Å². The van der Waals surface area contributed by atoms with Gasteiger partial charge in [-0.3, -0.25) is 38.4 Å². The molecule has 0 rings (SSSR count). The zero-order chi connectivity index (χ0) is 41.9. The number of hydrogen-bond donors (Lipinski definition) is 9. The van der Waals surface area contributed by atoms with Gasteiger partial charge in [0.25, 0.3) is 0 Å². The molecule has 0 aromatic carbocycles. The number of nitrogens with one attached hydrogen (secondary N) is 8. The minimum atomic E-state index is -1.45. The fourth-order valence-electron chi connectivity index (χ4n) is 5.23. The molecule has 0 saturated carbocycles. The molecule has 8 amide bonds. The molecular formula is C36H68N9O9+. The number of quaternary nitrogens is 1. The number of carbonyl (C=O) groups excluding carboxylic acids is 8. The van der Waals surface area contributed by atoms with E-state index >= 15 is 0 Å². The number of likely N-dealkylation sites (N-methyl/N-ethyl adjacent to an activating group) is 1. The largest absolute Gasteiger partial charge is 0.391 e. The molecule has 18 heteroatoms. The van der Waals surface area contributed by atoms with Crippen LogP contribution in [0.1, 0.15) is 93.9 Å². The third kappa shape index (κ3) is 19.1. The summed E-state index contributed by atoms with van der Waals surface area (Å²) in [5, 5.41) is 30.6. The Labute approximate surface area is 320 Å². The van der Waals surface area contributed by atoms with Gasteiger partial charge < -0.3 is 52.1 Å². The highest BCUT2D eigenvalue weighted by Crippen LogP contribution is 2.09. The Morgan fingerprint density at radius 3 is 1.44 bits per heavy atom. The van der Waals surface area contributed by atoms with Crippen molar-refractivity contribution < 1.29 is 47.9 Å². The minimum absolute atomic E-state index is 0.180. The zero-order valence-electron chi connectivity index (χ0n) is 34.3. The maximum Gasteiger partial charge on any atom is 0.245 e. The van der Waals surface area contributed by atoms with Crippen LogP contribution in [-0.4, -0.2) is 140 Å². The van der Waals surface area contributed by atoms with E-state index < -0.39 is 95.7 Å². The number of amides is 8. The second kappa shape index (κ2) is 24.2. The Morgan fingerprint density at radius 2 is 0.963 bits per heavy atom. The molecule has 0 unspecified atom stereocenters. The van der Waals surface area contributed by atoms with Crippen molar-refractivity contribution in [3.05, 3.63) is 0 Å². The third-order valence-electron chi connectivity index (χ3n) is 8.56.